The minimum absolute atomic E-state index is 0.463. The summed E-state index contributed by atoms with van der Waals surface area (Å²) >= 11 is 1.56. The molecule has 0 radical (unpaired) electrons. The van der Waals surface area contributed by atoms with Crippen LogP contribution in [0.5, 0.6) is 0 Å². The molecule has 0 bridgehead atoms. The van der Waals surface area contributed by atoms with Gasteiger partial charge in [-0.3, -0.25) is 4.98 Å². The number of thiophene rings is 1. The molecule has 3 rings (SSSR count). The minimum atomic E-state index is 0.463. The number of hydrogen-bond donors (Lipinski definition) is 1. The van der Waals surface area contributed by atoms with Crippen molar-refractivity contribution in [1.29, 1.82) is 0 Å². The zero-order chi connectivity index (χ0) is 14.1. The Morgan fingerprint density at radius 3 is 2.90 bits per heavy atom. The molecule has 0 aromatic carbocycles. The van der Waals surface area contributed by atoms with Gasteiger partial charge in [-0.05, 0) is 31.0 Å². The summed E-state index contributed by atoms with van der Waals surface area (Å²) in [4.78, 5) is 9.71. The number of nitrogen functional groups attached to an aromatic ring is 1. The van der Waals surface area contributed by atoms with Gasteiger partial charge in [0.2, 0.25) is 5.82 Å². The van der Waals surface area contributed by atoms with Crippen molar-refractivity contribution in [3.8, 4) is 22.8 Å². The van der Waals surface area contributed by atoms with Gasteiger partial charge in [-0.1, -0.05) is 12.1 Å². The number of aromatic nitrogens is 3. The van der Waals surface area contributed by atoms with E-state index in [1.807, 2.05) is 19.1 Å². The summed E-state index contributed by atoms with van der Waals surface area (Å²) in [6.07, 6.45) is 4.44. The molecule has 0 amide bonds. The number of hydrogen-bond acceptors (Lipinski definition) is 6. The molecule has 0 aliphatic heterocycles. The van der Waals surface area contributed by atoms with Gasteiger partial charge in [0.05, 0.1) is 10.6 Å². The smallest absolute Gasteiger partial charge is 0.261 e. The van der Waals surface area contributed by atoms with E-state index < -0.39 is 0 Å². The monoisotopic (exact) mass is 286 g/mol. The fraction of sp³-hybridized carbons (Fsp3) is 0.214. The van der Waals surface area contributed by atoms with Crippen LogP contribution in [0, 0.1) is 6.92 Å². The highest BCUT2D eigenvalue weighted by Crippen LogP contribution is 2.34. The van der Waals surface area contributed by atoms with E-state index >= 15 is 0 Å². The Morgan fingerprint density at radius 2 is 2.20 bits per heavy atom. The lowest BCUT2D eigenvalue weighted by Gasteiger charge is -1.97. The highest BCUT2D eigenvalue weighted by molar-refractivity contribution is 7.16. The van der Waals surface area contributed by atoms with E-state index in [0.717, 1.165) is 23.1 Å². The summed E-state index contributed by atoms with van der Waals surface area (Å²) in [5.41, 5.74) is 8.75. The zero-order valence-electron chi connectivity index (χ0n) is 11.3. The zero-order valence-corrected chi connectivity index (χ0v) is 12.1. The maximum absolute atomic E-state index is 6.01. The average molecular weight is 286 g/mol. The fourth-order valence-corrected chi connectivity index (χ4v) is 2.83. The van der Waals surface area contributed by atoms with Crippen LogP contribution in [0.1, 0.15) is 17.4 Å². The number of aryl methyl sites for hydroxylation is 2. The highest BCUT2D eigenvalue weighted by atomic mass is 32.1. The first-order chi connectivity index (χ1) is 9.69. The van der Waals surface area contributed by atoms with Crippen LogP contribution in [0.2, 0.25) is 0 Å². The van der Waals surface area contributed by atoms with Gasteiger partial charge in [0, 0.05) is 22.8 Å². The van der Waals surface area contributed by atoms with Crippen LogP contribution < -0.4 is 5.73 Å². The van der Waals surface area contributed by atoms with E-state index in [4.69, 9.17) is 10.3 Å². The minimum Gasteiger partial charge on any atom is -0.390 e. The molecule has 0 fully saturated rings. The Hall–Kier alpha value is -2.21. The lowest BCUT2D eigenvalue weighted by molar-refractivity contribution is 0.432. The van der Waals surface area contributed by atoms with Crippen LogP contribution in [0.25, 0.3) is 22.8 Å². The normalized spacial score (nSPS) is 10.9. The second-order valence-electron chi connectivity index (χ2n) is 4.46. The first-order valence-corrected chi connectivity index (χ1v) is 7.14. The van der Waals surface area contributed by atoms with E-state index in [0.29, 0.717) is 16.7 Å². The van der Waals surface area contributed by atoms with Crippen LogP contribution in [-0.2, 0) is 6.42 Å². The Kier molecular flexibility index (Phi) is 3.23. The van der Waals surface area contributed by atoms with E-state index in [1.165, 1.54) is 4.88 Å². The summed E-state index contributed by atoms with van der Waals surface area (Å²) in [6.45, 7) is 4.06. The molecule has 5 nitrogen and oxygen atoms in total. The summed E-state index contributed by atoms with van der Waals surface area (Å²) in [5.74, 6) is 1.02. The molecule has 0 unspecified atom stereocenters. The number of nitrogens with two attached hydrogens (primary N) is 1. The van der Waals surface area contributed by atoms with Crippen molar-refractivity contribution in [1.82, 2.24) is 15.1 Å². The Bertz CT molecular complexity index is 747. The predicted molar refractivity (Wildman–Crippen MR) is 79.4 cm³/mol. The largest absolute Gasteiger partial charge is 0.390 e. The van der Waals surface area contributed by atoms with Crippen LogP contribution in [0.3, 0.4) is 0 Å². The van der Waals surface area contributed by atoms with Crippen LogP contribution in [-0.4, -0.2) is 15.1 Å². The molecule has 3 aromatic rings. The molecule has 0 saturated carbocycles. The molecule has 0 spiro atoms. The second kappa shape index (κ2) is 5.05. The molecule has 0 aliphatic carbocycles. The van der Waals surface area contributed by atoms with Crippen LogP contribution in [0.15, 0.2) is 29.0 Å². The molecular weight excluding hydrogens is 272 g/mol. The SMILES string of the molecule is CCc1cc(-c2nc(-c3ccncc3C)no2)c(N)s1. The maximum atomic E-state index is 6.01. The number of nitrogens with zero attached hydrogens (tertiary/aromatic N) is 3. The van der Waals surface area contributed by atoms with Gasteiger partial charge in [0.15, 0.2) is 0 Å². The van der Waals surface area contributed by atoms with Gasteiger partial charge < -0.3 is 10.3 Å². The molecular formula is C14H14N4OS. The van der Waals surface area contributed by atoms with Crippen molar-refractivity contribution >= 4 is 16.3 Å². The molecule has 6 heteroatoms. The van der Waals surface area contributed by atoms with Crippen molar-refractivity contribution in [3.63, 3.8) is 0 Å². The summed E-state index contributed by atoms with van der Waals surface area (Å²) in [7, 11) is 0. The van der Waals surface area contributed by atoms with Crippen molar-refractivity contribution in [2.75, 3.05) is 5.73 Å². The molecule has 3 aromatic heterocycles. The molecule has 0 aliphatic rings. The first kappa shape index (κ1) is 12.8. The predicted octanol–water partition coefficient (Wildman–Crippen LogP) is 3.31. The van der Waals surface area contributed by atoms with E-state index in [9.17, 15) is 0 Å². The lowest BCUT2D eigenvalue weighted by Crippen LogP contribution is -1.87. The van der Waals surface area contributed by atoms with Crippen LogP contribution >= 0.6 is 11.3 Å². The van der Waals surface area contributed by atoms with Gasteiger partial charge in [-0.25, -0.2) is 0 Å². The topological polar surface area (TPSA) is 77.8 Å². The second-order valence-corrected chi connectivity index (χ2v) is 5.63. The highest BCUT2D eigenvalue weighted by Gasteiger charge is 2.16. The maximum Gasteiger partial charge on any atom is 0.261 e. The van der Waals surface area contributed by atoms with Crippen molar-refractivity contribution in [2.45, 2.75) is 20.3 Å². The Balaban J connectivity index is 2.02. The number of rotatable bonds is 3. The third-order valence-corrected chi connectivity index (χ3v) is 4.19. The van der Waals surface area contributed by atoms with Gasteiger partial charge in [-0.2, -0.15) is 4.98 Å². The summed E-state index contributed by atoms with van der Waals surface area (Å²) in [6, 6.07) is 3.88. The molecule has 102 valence electrons. The molecule has 2 N–H and O–H groups in total. The summed E-state index contributed by atoms with van der Waals surface area (Å²) in [5, 5.41) is 4.75. The van der Waals surface area contributed by atoms with Crippen molar-refractivity contribution in [3.05, 3.63) is 35.0 Å². The van der Waals surface area contributed by atoms with Crippen LogP contribution in [0.4, 0.5) is 5.00 Å². The van der Waals surface area contributed by atoms with E-state index in [1.54, 1.807) is 23.7 Å². The van der Waals surface area contributed by atoms with Gasteiger partial charge >= 0.3 is 0 Å². The van der Waals surface area contributed by atoms with Gasteiger partial charge in [0.1, 0.15) is 0 Å². The Morgan fingerprint density at radius 1 is 1.35 bits per heavy atom. The molecule has 0 atom stereocenters. The number of pyridine rings is 1. The quantitative estimate of drug-likeness (QED) is 0.799. The third kappa shape index (κ3) is 2.18. The lowest BCUT2D eigenvalue weighted by atomic mass is 10.1. The van der Waals surface area contributed by atoms with E-state index in [-0.39, 0.29) is 0 Å². The fourth-order valence-electron chi connectivity index (χ4n) is 1.97. The molecule has 20 heavy (non-hydrogen) atoms. The molecule has 3 heterocycles. The third-order valence-electron chi connectivity index (χ3n) is 3.08. The first-order valence-electron chi connectivity index (χ1n) is 6.32. The van der Waals surface area contributed by atoms with Gasteiger partial charge in [-0.15, -0.1) is 11.3 Å². The average Bonchev–Trinajstić information content (AvgIpc) is 3.05. The Labute approximate surface area is 120 Å². The van der Waals surface area contributed by atoms with Crippen molar-refractivity contribution < 1.29 is 4.52 Å². The van der Waals surface area contributed by atoms with E-state index in [2.05, 4.69) is 22.0 Å². The van der Waals surface area contributed by atoms with Gasteiger partial charge in [0.25, 0.3) is 5.89 Å². The number of anilines is 1. The summed E-state index contributed by atoms with van der Waals surface area (Å²) < 4.78 is 5.34. The van der Waals surface area contributed by atoms with Crippen molar-refractivity contribution in [2.24, 2.45) is 0 Å². The standard InChI is InChI=1S/C14H14N4OS/c1-3-9-6-11(12(15)20-9)14-17-13(18-19-14)10-4-5-16-7-8(10)2/h4-7H,3,15H2,1-2H3. The molecule has 0 saturated heterocycles.